The third kappa shape index (κ3) is 4.52. The van der Waals surface area contributed by atoms with Crippen molar-refractivity contribution >= 4 is 58.0 Å². The molecule has 1 aromatic rings. The minimum Gasteiger partial charge on any atom is -0.548 e. The minimum absolute atomic E-state index is 0.219. The smallest absolute Gasteiger partial charge is 0.266 e. The van der Waals surface area contributed by atoms with Crippen LogP contribution in [0.25, 0.3) is 6.08 Å². The molecule has 0 spiro atoms. The van der Waals surface area contributed by atoms with Crippen molar-refractivity contribution in [3.05, 3.63) is 28.7 Å². The maximum absolute atomic E-state index is 12.7. The number of thiocarbonyl (C=S) groups is 1. The van der Waals surface area contributed by atoms with Gasteiger partial charge in [-0.15, -0.1) is 0 Å². The fourth-order valence-corrected chi connectivity index (χ4v) is 4.24. The summed E-state index contributed by atoms with van der Waals surface area (Å²) in [6, 6.07) is 4.17. The van der Waals surface area contributed by atoms with Crippen LogP contribution in [0.1, 0.15) is 12.0 Å². The van der Waals surface area contributed by atoms with Gasteiger partial charge in [0.25, 0.3) is 5.91 Å². The van der Waals surface area contributed by atoms with Crippen LogP contribution in [-0.2, 0) is 9.59 Å². The molecule has 1 amide bonds. The van der Waals surface area contributed by atoms with Crippen LogP contribution < -0.4 is 14.6 Å². The molecular weight excluding hydrogens is 394 g/mol. The van der Waals surface area contributed by atoms with E-state index in [-0.39, 0.29) is 10.7 Å². The summed E-state index contributed by atoms with van der Waals surface area (Å²) in [5, 5.41) is 11.5. The first-order valence-corrected chi connectivity index (χ1v) is 10.2. The van der Waals surface area contributed by atoms with Crippen molar-refractivity contribution in [1.29, 1.82) is 0 Å². The first-order chi connectivity index (χ1) is 12.4. The molecule has 1 saturated heterocycles. The lowest BCUT2D eigenvalue weighted by atomic mass is 10.1. The number of hydrogen-bond donors (Lipinski definition) is 0. The molecule has 1 fully saturated rings. The van der Waals surface area contributed by atoms with Gasteiger partial charge in [-0.2, -0.15) is 11.8 Å². The molecule has 0 saturated carbocycles. The van der Waals surface area contributed by atoms with Crippen molar-refractivity contribution in [2.24, 2.45) is 0 Å². The van der Waals surface area contributed by atoms with E-state index in [9.17, 15) is 14.7 Å². The Labute approximate surface area is 165 Å². The lowest BCUT2D eigenvalue weighted by Crippen LogP contribution is -2.50. The topological polar surface area (TPSA) is 78.9 Å². The minimum atomic E-state index is -1.30. The quantitative estimate of drug-likeness (QED) is 0.472. The highest BCUT2D eigenvalue weighted by Crippen LogP contribution is 2.36. The van der Waals surface area contributed by atoms with Crippen molar-refractivity contribution in [3.63, 3.8) is 0 Å². The third-order valence-corrected chi connectivity index (χ3v) is 5.68. The lowest BCUT2D eigenvalue weighted by Gasteiger charge is -2.27. The predicted molar refractivity (Wildman–Crippen MR) is 106 cm³/mol. The molecule has 0 bridgehead atoms. The molecule has 140 valence electrons. The van der Waals surface area contributed by atoms with E-state index >= 15 is 0 Å². The van der Waals surface area contributed by atoms with Crippen molar-refractivity contribution in [3.8, 4) is 11.5 Å². The number of carboxylic acid groups (broad SMARTS) is 1. The van der Waals surface area contributed by atoms with Crippen LogP contribution in [-0.4, -0.2) is 53.4 Å². The third-order valence-electron chi connectivity index (χ3n) is 3.71. The summed E-state index contributed by atoms with van der Waals surface area (Å²) in [4.78, 5) is 25.7. The highest BCUT2D eigenvalue weighted by molar-refractivity contribution is 8.26. The number of hydrogen-bond acceptors (Lipinski definition) is 8. The number of ether oxygens (including phenoxy) is 2. The maximum Gasteiger partial charge on any atom is 0.266 e. The van der Waals surface area contributed by atoms with Gasteiger partial charge in [0.05, 0.1) is 31.1 Å². The largest absolute Gasteiger partial charge is 0.548 e. The standard InChI is InChI=1S/C17H19NO5S3/c1-22-12-5-4-10(8-13(12)23-2)9-14-15(19)18(17(24)26-14)11(16(20)21)6-7-25-3/h4-5,8-9,11H,6-7H2,1-3H3,(H,20,21)/p-1/b14-9+/t11-/m0/s1. The van der Waals surface area contributed by atoms with Crippen LogP contribution >= 0.6 is 35.7 Å². The summed E-state index contributed by atoms with van der Waals surface area (Å²) in [5.41, 5.74) is 0.720. The Morgan fingerprint density at radius 1 is 1.38 bits per heavy atom. The van der Waals surface area contributed by atoms with Gasteiger partial charge >= 0.3 is 0 Å². The fourth-order valence-electron chi connectivity index (χ4n) is 2.42. The summed E-state index contributed by atoms with van der Waals surface area (Å²) in [6.07, 6.45) is 3.80. The average molecular weight is 413 g/mol. The Morgan fingerprint density at radius 3 is 2.65 bits per heavy atom. The first kappa shape index (κ1) is 20.6. The second kappa shape index (κ2) is 9.29. The van der Waals surface area contributed by atoms with Crippen LogP contribution in [0.4, 0.5) is 0 Å². The molecule has 0 aromatic heterocycles. The van der Waals surface area contributed by atoms with Crippen LogP contribution in [0.2, 0.25) is 0 Å². The number of carbonyl (C=O) groups excluding carboxylic acids is 2. The molecule has 0 radical (unpaired) electrons. The van der Waals surface area contributed by atoms with E-state index in [1.54, 1.807) is 24.3 Å². The molecule has 1 heterocycles. The van der Waals surface area contributed by atoms with Crippen molar-refractivity contribution in [2.45, 2.75) is 12.5 Å². The Hall–Kier alpha value is -1.71. The van der Waals surface area contributed by atoms with Gasteiger partial charge in [-0.25, -0.2) is 0 Å². The SMILES string of the molecule is COc1ccc(/C=C2/SC(=S)N([C@@H](CCSC)C(=O)[O-])C2=O)cc1OC. The fraction of sp³-hybridized carbons (Fsp3) is 0.353. The number of benzene rings is 1. The number of aliphatic carboxylic acids is 1. The highest BCUT2D eigenvalue weighted by Gasteiger charge is 2.37. The first-order valence-electron chi connectivity index (χ1n) is 7.61. The van der Waals surface area contributed by atoms with Gasteiger partial charge in [-0.3, -0.25) is 9.69 Å². The molecule has 6 nitrogen and oxygen atoms in total. The maximum atomic E-state index is 12.7. The molecule has 0 unspecified atom stereocenters. The van der Waals surface area contributed by atoms with E-state index in [1.165, 1.54) is 26.0 Å². The van der Waals surface area contributed by atoms with Gasteiger partial charge in [0.2, 0.25) is 0 Å². The molecule has 1 aliphatic heterocycles. The van der Waals surface area contributed by atoms with Gasteiger partial charge in [0.15, 0.2) is 11.5 Å². The van der Waals surface area contributed by atoms with Gasteiger partial charge in [0.1, 0.15) is 4.32 Å². The van der Waals surface area contributed by atoms with Gasteiger partial charge in [-0.05, 0) is 42.2 Å². The molecule has 1 atom stereocenters. The van der Waals surface area contributed by atoms with Gasteiger partial charge < -0.3 is 19.4 Å². The van der Waals surface area contributed by atoms with Crippen LogP contribution in [0, 0.1) is 0 Å². The molecule has 1 aromatic carbocycles. The zero-order valence-corrected chi connectivity index (χ0v) is 17.0. The van der Waals surface area contributed by atoms with E-state index in [4.69, 9.17) is 21.7 Å². The zero-order chi connectivity index (χ0) is 19.3. The second-order valence-electron chi connectivity index (χ2n) is 5.28. The predicted octanol–water partition coefficient (Wildman–Crippen LogP) is 1.78. The summed E-state index contributed by atoms with van der Waals surface area (Å²) >= 11 is 7.81. The number of thioether (sulfide) groups is 2. The summed E-state index contributed by atoms with van der Waals surface area (Å²) in [7, 11) is 3.06. The summed E-state index contributed by atoms with van der Waals surface area (Å²) < 4.78 is 10.7. The molecule has 0 N–H and O–H groups in total. The number of rotatable bonds is 8. The Morgan fingerprint density at radius 2 is 2.08 bits per heavy atom. The zero-order valence-electron chi connectivity index (χ0n) is 14.5. The van der Waals surface area contributed by atoms with E-state index in [1.807, 2.05) is 6.26 Å². The van der Waals surface area contributed by atoms with Crippen molar-refractivity contribution in [1.82, 2.24) is 4.90 Å². The Bertz CT molecular complexity index is 750. The average Bonchev–Trinajstić information content (AvgIpc) is 2.89. The Kier molecular flexibility index (Phi) is 7.36. The van der Waals surface area contributed by atoms with Crippen molar-refractivity contribution in [2.75, 3.05) is 26.2 Å². The molecule has 9 heteroatoms. The number of carbonyl (C=O) groups is 2. The normalized spacial score (nSPS) is 16.9. The molecule has 0 aliphatic carbocycles. The van der Waals surface area contributed by atoms with Crippen LogP contribution in [0.3, 0.4) is 0 Å². The molecule has 1 aliphatic rings. The number of amides is 1. The van der Waals surface area contributed by atoms with E-state index in [2.05, 4.69) is 0 Å². The summed E-state index contributed by atoms with van der Waals surface area (Å²) in [6.45, 7) is 0. The summed E-state index contributed by atoms with van der Waals surface area (Å²) in [5.74, 6) is -0.0341. The Balaban J connectivity index is 2.29. The highest BCUT2D eigenvalue weighted by atomic mass is 32.2. The lowest BCUT2D eigenvalue weighted by molar-refractivity contribution is -0.310. The van der Waals surface area contributed by atoms with Crippen molar-refractivity contribution < 1.29 is 24.2 Å². The molecule has 2 rings (SSSR count). The van der Waals surface area contributed by atoms with Gasteiger partial charge in [-0.1, -0.05) is 30.0 Å². The second-order valence-corrected chi connectivity index (χ2v) is 7.94. The monoisotopic (exact) mass is 412 g/mol. The van der Waals surface area contributed by atoms with Gasteiger partial charge in [0, 0.05) is 0 Å². The van der Waals surface area contributed by atoms with Crippen LogP contribution in [0.5, 0.6) is 11.5 Å². The number of carboxylic acids is 1. The van der Waals surface area contributed by atoms with E-state index < -0.39 is 17.9 Å². The molecular formula is C17H18NO5S3-. The van der Waals surface area contributed by atoms with E-state index in [0.717, 1.165) is 22.2 Å². The number of methoxy groups -OCH3 is 2. The van der Waals surface area contributed by atoms with Crippen LogP contribution in [0.15, 0.2) is 23.1 Å². The molecule has 26 heavy (non-hydrogen) atoms. The number of nitrogens with zero attached hydrogens (tertiary/aromatic N) is 1. The van der Waals surface area contributed by atoms with E-state index in [0.29, 0.717) is 22.2 Å².